The number of benzene rings is 1. The molecule has 3 aromatic rings. The lowest BCUT2D eigenvalue weighted by molar-refractivity contribution is 0.376. The van der Waals surface area contributed by atoms with Gasteiger partial charge in [0.2, 0.25) is 17.6 Å². The van der Waals surface area contributed by atoms with Gasteiger partial charge in [-0.15, -0.1) is 0 Å². The largest absolute Gasteiger partial charge is 0.480 e. The fraction of sp³-hybridized carbons (Fsp3) is 0.267. The number of hydrogen-bond donors (Lipinski definition) is 0. The van der Waals surface area contributed by atoms with Crippen molar-refractivity contribution in [3.63, 3.8) is 0 Å². The van der Waals surface area contributed by atoms with Gasteiger partial charge in [-0.1, -0.05) is 30.3 Å². The zero-order chi connectivity index (χ0) is 13.9. The van der Waals surface area contributed by atoms with Crippen LogP contribution < -0.4 is 4.74 Å². The maximum atomic E-state index is 5.34. The predicted molar refractivity (Wildman–Crippen MR) is 75.6 cm³/mol. The molecular weight excluding hydrogens is 254 g/mol. The third kappa shape index (κ3) is 2.22. The summed E-state index contributed by atoms with van der Waals surface area (Å²) >= 11 is 0. The molecule has 2 heterocycles. The second-order valence-electron chi connectivity index (χ2n) is 4.50. The van der Waals surface area contributed by atoms with Gasteiger partial charge in [0, 0.05) is 11.8 Å². The fourth-order valence-electron chi connectivity index (χ4n) is 2.09. The standard InChI is InChI=1S/C15H15N3O2/c1-3-6-13-17-14(18-20-13)11-9-10-7-4-5-8-12(10)16-15(11)19-2/h4-5,7-9H,3,6H2,1-2H3. The molecule has 3 rings (SSSR count). The van der Waals surface area contributed by atoms with E-state index in [0.29, 0.717) is 17.6 Å². The summed E-state index contributed by atoms with van der Waals surface area (Å²) in [5.74, 6) is 1.66. The van der Waals surface area contributed by atoms with Gasteiger partial charge in [0.25, 0.3) is 0 Å². The molecule has 5 nitrogen and oxygen atoms in total. The number of nitrogens with zero attached hydrogens (tertiary/aromatic N) is 3. The van der Waals surface area contributed by atoms with Crippen LogP contribution in [0.1, 0.15) is 19.2 Å². The Labute approximate surface area is 116 Å². The summed E-state index contributed by atoms with van der Waals surface area (Å²) in [6, 6.07) is 9.83. The molecule has 0 saturated heterocycles. The van der Waals surface area contributed by atoms with Gasteiger partial charge in [-0.25, -0.2) is 4.98 Å². The Morgan fingerprint density at radius 1 is 1.20 bits per heavy atom. The molecule has 0 bridgehead atoms. The van der Waals surface area contributed by atoms with Crippen molar-refractivity contribution in [1.29, 1.82) is 0 Å². The first-order valence-corrected chi connectivity index (χ1v) is 6.58. The number of rotatable bonds is 4. The van der Waals surface area contributed by atoms with Crippen LogP contribution in [0, 0.1) is 0 Å². The van der Waals surface area contributed by atoms with E-state index >= 15 is 0 Å². The number of hydrogen-bond acceptors (Lipinski definition) is 5. The molecule has 5 heteroatoms. The summed E-state index contributed by atoms with van der Waals surface area (Å²) in [5.41, 5.74) is 1.63. The number of para-hydroxylation sites is 1. The molecule has 0 N–H and O–H groups in total. The topological polar surface area (TPSA) is 61.0 Å². The van der Waals surface area contributed by atoms with E-state index in [1.807, 2.05) is 30.3 Å². The van der Waals surface area contributed by atoms with Gasteiger partial charge >= 0.3 is 0 Å². The molecule has 0 aliphatic carbocycles. The molecule has 102 valence electrons. The quantitative estimate of drug-likeness (QED) is 0.727. The van der Waals surface area contributed by atoms with Crippen molar-refractivity contribution in [2.75, 3.05) is 7.11 Å². The van der Waals surface area contributed by atoms with E-state index in [1.165, 1.54) is 0 Å². The highest BCUT2D eigenvalue weighted by atomic mass is 16.5. The van der Waals surface area contributed by atoms with E-state index < -0.39 is 0 Å². The van der Waals surface area contributed by atoms with E-state index in [1.54, 1.807) is 7.11 Å². The summed E-state index contributed by atoms with van der Waals surface area (Å²) < 4.78 is 10.6. The van der Waals surface area contributed by atoms with Crippen molar-refractivity contribution in [3.05, 3.63) is 36.2 Å². The minimum atomic E-state index is 0.507. The summed E-state index contributed by atoms with van der Waals surface area (Å²) in [6.07, 6.45) is 1.74. The van der Waals surface area contributed by atoms with E-state index in [2.05, 4.69) is 22.0 Å². The lowest BCUT2D eigenvalue weighted by Gasteiger charge is -2.06. The Balaban J connectivity index is 2.12. The average Bonchev–Trinajstić information content (AvgIpc) is 2.94. The van der Waals surface area contributed by atoms with E-state index in [0.717, 1.165) is 29.3 Å². The number of aryl methyl sites for hydroxylation is 1. The minimum Gasteiger partial charge on any atom is -0.480 e. The first-order valence-electron chi connectivity index (χ1n) is 6.58. The molecule has 0 aliphatic heterocycles. The SMILES string of the molecule is CCCc1nc(-c2cc3ccccc3nc2OC)no1. The molecular formula is C15H15N3O2. The Morgan fingerprint density at radius 2 is 2.05 bits per heavy atom. The monoisotopic (exact) mass is 269 g/mol. The van der Waals surface area contributed by atoms with Crippen molar-refractivity contribution >= 4 is 10.9 Å². The fourth-order valence-corrected chi connectivity index (χ4v) is 2.09. The molecule has 0 saturated carbocycles. The van der Waals surface area contributed by atoms with Crippen LogP contribution in [0.2, 0.25) is 0 Å². The van der Waals surface area contributed by atoms with Gasteiger partial charge in [0.1, 0.15) is 0 Å². The van der Waals surface area contributed by atoms with Gasteiger partial charge < -0.3 is 9.26 Å². The number of ether oxygens (including phenoxy) is 1. The Bertz CT molecular complexity index is 737. The van der Waals surface area contributed by atoms with Crippen LogP contribution in [0.3, 0.4) is 0 Å². The maximum absolute atomic E-state index is 5.34. The zero-order valence-corrected chi connectivity index (χ0v) is 11.5. The molecule has 0 atom stereocenters. The number of fused-ring (bicyclic) bond motifs is 1. The first-order chi connectivity index (χ1) is 9.81. The Morgan fingerprint density at radius 3 is 2.85 bits per heavy atom. The predicted octanol–water partition coefficient (Wildman–Crippen LogP) is 3.25. The van der Waals surface area contributed by atoms with Crippen molar-refractivity contribution in [2.24, 2.45) is 0 Å². The number of pyridine rings is 1. The first kappa shape index (κ1) is 12.6. The normalized spacial score (nSPS) is 10.9. The maximum Gasteiger partial charge on any atom is 0.226 e. The number of aromatic nitrogens is 3. The molecule has 20 heavy (non-hydrogen) atoms. The van der Waals surface area contributed by atoms with Gasteiger partial charge in [-0.2, -0.15) is 4.98 Å². The smallest absolute Gasteiger partial charge is 0.226 e. The van der Waals surface area contributed by atoms with Gasteiger partial charge in [-0.3, -0.25) is 0 Å². The van der Waals surface area contributed by atoms with Crippen LogP contribution in [0.25, 0.3) is 22.3 Å². The summed E-state index contributed by atoms with van der Waals surface area (Å²) in [5, 5.41) is 5.03. The molecule has 1 aromatic carbocycles. The molecule has 0 aliphatic rings. The van der Waals surface area contributed by atoms with E-state index in [9.17, 15) is 0 Å². The van der Waals surface area contributed by atoms with Crippen molar-refractivity contribution in [1.82, 2.24) is 15.1 Å². The van der Waals surface area contributed by atoms with Crippen LogP contribution in [0.15, 0.2) is 34.9 Å². The minimum absolute atomic E-state index is 0.507. The molecule has 0 amide bonds. The highest BCUT2D eigenvalue weighted by molar-refractivity contribution is 5.84. The third-order valence-corrected chi connectivity index (χ3v) is 3.06. The van der Waals surface area contributed by atoms with Gasteiger partial charge in [0.05, 0.1) is 18.2 Å². The van der Waals surface area contributed by atoms with Gasteiger partial charge in [-0.05, 0) is 18.6 Å². The highest BCUT2D eigenvalue weighted by Gasteiger charge is 2.15. The summed E-state index contributed by atoms with van der Waals surface area (Å²) in [4.78, 5) is 8.87. The Kier molecular flexibility index (Phi) is 3.33. The van der Waals surface area contributed by atoms with E-state index in [4.69, 9.17) is 9.26 Å². The highest BCUT2D eigenvalue weighted by Crippen LogP contribution is 2.29. The molecule has 2 aromatic heterocycles. The second kappa shape index (κ2) is 5.28. The Hall–Kier alpha value is -2.43. The van der Waals surface area contributed by atoms with Crippen molar-refractivity contribution in [2.45, 2.75) is 19.8 Å². The van der Waals surface area contributed by atoms with Crippen LogP contribution in [-0.4, -0.2) is 22.2 Å². The average molecular weight is 269 g/mol. The molecule has 0 unspecified atom stereocenters. The molecule has 0 spiro atoms. The lowest BCUT2D eigenvalue weighted by Crippen LogP contribution is -1.94. The van der Waals surface area contributed by atoms with Crippen LogP contribution in [-0.2, 0) is 6.42 Å². The number of methoxy groups -OCH3 is 1. The van der Waals surface area contributed by atoms with Crippen LogP contribution in [0.5, 0.6) is 5.88 Å². The molecule has 0 fully saturated rings. The van der Waals surface area contributed by atoms with Crippen molar-refractivity contribution < 1.29 is 9.26 Å². The summed E-state index contributed by atoms with van der Waals surface area (Å²) in [7, 11) is 1.59. The molecule has 0 radical (unpaired) electrons. The van der Waals surface area contributed by atoms with Crippen molar-refractivity contribution in [3.8, 4) is 17.3 Å². The van der Waals surface area contributed by atoms with Crippen LogP contribution >= 0.6 is 0 Å². The third-order valence-electron chi connectivity index (χ3n) is 3.06. The van der Waals surface area contributed by atoms with Crippen LogP contribution in [0.4, 0.5) is 0 Å². The zero-order valence-electron chi connectivity index (χ0n) is 11.5. The second-order valence-corrected chi connectivity index (χ2v) is 4.50. The summed E-state index contributed by atoms with van der Waals surface area (Å²) in [6.45, 7) is 2.07. The lowest BCUT2D eigenvalue weighted by atomic mass is 10.1. The van der Waals surface area contributed by atoms with Gasteiger partial charge in [0.15, 0.2) is 0 Å². The van der Waals surface area contributed by atoms with E-state index in [-0.39, 0.29) is 0 Å².